The number of ether oxygens (including phenoxy) is 2. The molecule has 4 rings (SSSR count). The number of hydrogen-bond donors (Lipinski definition) is 0. The maximum Gasteiger partial charge on any atom is 0.230 e. The van der Waals surface area contributed by atoms with E-state index in [9.17, 15) is 4.79 Å². The Bertz CT molecular complexity index is 1310. The molecule has 0 bridgehead atoms. The van der Waals surface area contributed by atoms with Crippen molar-refractivity contribution in [2.24, 2.45) is 0 Å². The first-order valence-electron chi connectivity index (χ1n) is 10.2. The third-order valence-electron chi connectivity index (χ3n) is 4.93. The molecule has 0 aliphatic carbocycles. The normalized spacial score (nSPS) is 11.3. The number of para-hydroxylation sites is 2. The number of hydrogen-bond acceptors (Lipinski definition) is 5. The fourth-order valence-electron chi connectivity index (χ4n) is 3.26. The lowest BCUT2D eigenvalue weighted by atomic mass is 10.1. The van der Waals surface area contributed by atoms with Crippen molar-refractivity contribution in [1.29, 1.82) is 0 Å². The van der Waals surface area contributed by atoms with E-state index in [-0.39, 0.29) is 5.78 Å². The van der Waals surface area contributed by atoms with Gasteiger partial charge in [0.15, 0.2) is 5.78 Å². The van der Waals surface area contributed by atoms with E-state index in [0.29, 0.717) is 11.6 Å². The van der Waals surface area contributed by atoms with Crippen LogP contribution in [0.15, 0.2) is 85.2 Å². The highest BCUT2D eigenvalue weighted by Gasteiger charge is 2.07. The molecule has 0 fully saturated rings. The SMILES string of the molecule is COc1ccccc1/C=C/C(=O)/C=C/c1ccc(Oc2ncnc3c(C)cccc23)cc1. The van der Waals surface area contributed by atoms with Crippen molar-refractivity contribution in [3.8, 4) is 17.4 Å². The zero-order valence-corrected chi connectivity index (χ0v) is 17.9. The third kappa shape index (κ3) is 4.90. The fraction of sp³-hybridized carbons (Fsp3) is 0.0741. The van der Waals surface area contributed by atoms with E-state index in [1.807, 2.05) is 73.7 Å². The highest BCUT2D eigenvalue weighted by molar-refractivity contribution is 6.04. The number of fused-ring (bicyclic) bond motifs is 1. The number of nitrogens with zero attached hydrogens (tertiary/aromatic N) is 2. The minimum atomic E-state index is -0.112. The van der Waals surface area contributed by atoms with Crippen molar-refractivity contribution in [2.45, 2.75) is 6.92 Å². The number of aromatic nitrogens is 2. The summed E-state index contributed by atoms with van der Waals surface area (Å²) in [7, 11) is 1.61. The molecular weight excluding hydrogens is 400 g/mol. The van der Waals surface area contributed by atoms with Gasteiger partial charge in [0.05, 0.1) is 18.0 Å². The predicted octanol–water partition coefficient (Wildman–Crippen LogP) is 6.03. The van der Waals surface area contributed by atoms with E-state index < -0.39 is 0 Å². The zero-order chi connectivity index (χ0) is 22.3. The Kier molecular flexibility index (Phi) is 6.37. The summed E-state index contributed by atoms with van der Waals surface area (Å²) < 4.78 is 11.3. The Morgan fingerprint density at radius 1 is 0.875 bits per heavy atom. The van der Waals surface area contributed by atoms with E-state index in [4.69, 9.17) is 9.47 Å². The Hall–Kier alpha value is -4.25. The van der Waals surface area contributed by atoms with Gasteiger partial charge in [0.25, 0.3) is 0 Å². The summed E-state index contributed by atoms with van der Waals surface area (Å²) >= 11 is 0. The van der Waals surface area contributed by atoms with E-state index in [1.54, 1.807) is 19.3 Å². The molecule has 3 aromatic carbocycles. The molecule has 0 saturated heterocycles. The second kappa shape index (κ2) is 9.71. The highest BCUT2D eigenvalue weighted by atomic mass is 16.5. The smallest absolute Gasteiger partial charge is 0.230 e. The van der Waals surface area contributed by atoms with E-state index in [1.165, 1.54) is 18.5 Å². The van der Waals surface area contributed by atoms with Crippen molar-refractivity contribution in [3.05, 3.63) is 102 Å². The van der Waals surface area contributed by atoms with Crippen LogP contribution in [0, 0.1) is 6.92 Å². The van der Waals surface area contributed by atoms with Gasteiger partial charge in [-0.1, -0.05) is 48.5 Å². The summed E-state index contributed by atoms with van der Waals surface area (Å²) in [5, 5.41) is 0.865. The van der Waals surface area contributed by atoms with Crippen molar-refractivity contribution < 1.29 is 14.3 Å². The maximum absolute atomic E-state index is 12.2. The summed E-state index contributed by atoms with van der Waals surface area (Å²) in [6.45, 7) is 2.01. The largest absolute Gasteiger partial charge is 0.496 e. The standard InChI is InChI=1S/C27H22N2O3/c1-19-6-5-8-24-26(19)28-18-29-27(24)32-23-16-11-20(12-17-23)10-14-22(30)15-13-21-7-3-4-9-25(21)31-2/h3-18H,1-2H3/b14-10+,15-13+. The van der Waals surface area contributed by atoms with Crippen LogP contribution in [0.25, 0.3) is 23.1 Å². The average molecular weight is 422 g/mol. The van der Waals surface area contributed by atoms with Gasteiger partial charge in [-0.15, -0.1) is 0 Å². The summed E-state index contributed by atoms with van der Waals surface area (Å²) in [5.41, 5.74) is 3.68. The molecule has 0 atom stereocenters. The zero-order valence-electron chi connectivity index (χ0n) is 17.9. The first kappa shape index (κ1) is 21.0. The van der Waals surface area contributed by atoms with Gasteiger partial charge in [0.2, 0.25) is 5.88 Å². The molecule has 0 aliphatic rings. The van der Waals surface area contributed by atoms with Crippen LogP contribution >= 0.6 is 0 Å². The quantitative estimate of drug-likeness (QED) is 0.340. The van der Waals surface area contributed by atoms with E-state index >= 15 is 0 Å². The van der Waals surface area contributed by atoms with Crippen molar-refractivity contribution in [3.63, 3.8) is 0 Å². The number of carbonyl (C=O) groups is 1. The topological polar surface area (TPSA) is 61.3 Å². The number of rotatable bonds is 7. The third-order valence-corrected chi connectivity index (χ3v) is 4.93. The number of carbonyl (C=O) groups excluding carboxylic acids is 1. The second-order valence-electron chi connectivity index (χ2n) is 7.13. The lowest BCUT2D eigenvalue weighted by Crippen LogP contribution is -1.92. The average Bonchev–Trinajstić information content (AvgIpc) is 2.83. The van der Waals surface area contributed by atoms with Gasteiger partial charge < -0.3 is 9.47 Å². The van der Waals surface area contributed by atoms with Gasteiger partial charge in [0.1, 0.15) is 17.8 Å². The van der Waals surface area contributed by atoms with Crippen LogP contribution in [-0.4, -0.2) is 22.9 Å². The summed E-state index contributed by atoms with van der Waals surface area (Å²) in [4.78, 5) is 20.8. The molecule has 5 heteroatoms. The van der Waals surface area contributed by atoms with Crippen molar-refractivity contribution >= 4 is 28.8 Å². The number of benzene rings is 3. The van der Waals surface area contributed by atoms with Gasteiger partial charge in [-0.3, -0.25) is 4.79 Å². The molecule has 5 nitrogen and oxygen atoms in total. The Labute approximate surface area is 186 Å². The molecule has 0 aliphatic heterocycles. The molecule has 1 aromatic heterocycles. The molecule has 4 aromatic rings. The molecule has 0 unspecified atom stereocenters. The van der Waals surface area contributed by atoms with Crippen LogP contribution in [0.3, 0.4) is 0 Å². The summed E-state index contributed by atoms with van der Waals surface area (Å²) in [5.74, 6) is 1.78. The Balaban J connectivity index is 1.43. The predicted molar refractivity (Wildman–Crippen MR) is 127 cm³/mol. The van der Waals surface area contributed by atoms with Gasteiger partial charge in [0, 0.05) is 5.56 Å². The minimum Gasteiger partial charge on any atom is -0.496 e. The fourth-order valence-corrected chi connectivity index (χ4v) is 3.26. The first-order chi connectivity index (χ1) is 15.6. The molecule has 0 saturated carbocycles. The van der Waals surface area contributed by atoms with Crippen LogP contribution in [0.2, 0.25) is 0 Å². The van der Waals surface area contributed by atoms with Gasteiger partial charge in [-0.05, 0) is 60.5 Å². The summed E-state index contributed by atoms with van der Waals surface area (Å²) in [6, 6.07) is 20.9. The second-order valence-corrected chi connectivity index (χ2v) is 7.13. The molecule has 32 heavy (non-hydrogen) atoms. The van der Waals surface area contributed by atoms with Crippen molar-refractivity contribution in [1.82, 2.24) is 9.97 Å². The van der Waals surface area contributed by atoms with Crippen LogP contribution < -0.4 is 9.47 Å². The molecular formula is C27H22N2O3. The van der Waals surface area contributed by atoms with Crippen LogP contribution in [0.4, 0.5) is 0 Å². The van der Waals surface area contributed by atoms with Crippen LogP contribution in [0.5, 0.6) is 17.4 Å². The molecule has 0 N–H and O–H groups in total. The number of aryl methyl sites for hydroxylation is 1. The van der Waals surface area contributed by atoms with Crippen molar-refractivity contribution in [2.75, 3.05) is 7.11 Å². The van der Waals surface area contributed by atoms with Gasteiger partial charge >= 0.3 is 0 Å². The first-order valence-corrected chi connectivity index (χ1v) is 10.2. The molecule has 0 amide bonds. The Morgan fingerprint density at radius 2 is 1.66 bits per heavy atom. The number of allylic oxidation sites excluding steroid dienone is 2. The van der Waals surface area contributed by atoms with E-state index in [0.717, 1.165) is 33.3 Å². The lowest BCUT2D eigenvalue weighted by Gasteiger charge is -2.08. The molecule has 0 spiro atoms. The molecule has 1 heterocycles. The van der Waals surface area contributed by atoms with E-state index in [2.05, 4.69) is 9.97 Å². The van der Waals surface area contributed by atoms with Gasteiger partial charge in [-0.25, -0.2) is 9.97 Å². The Morgan fingerprint density at radius 3 is 2.47 bits per heavy atom. The number of methoxy groups -OCH3 is 1. The summed E-state index contributed by atoms with van der Waals surface area (Å²) in [6.07, 6.45) is 8.07. The monoisotopic (exact) mass is 422 g/mol. The van der Waals surface area contributed by atoms with Gasteiger partial charge in [-0.2, -0.15) is 0 Å². The highest BCUT2D eigenvalue weighted by Crippen LogP contribution is 2.28. The lowest BCUT2D eigenvalue weighted by molar-refractivity contribution is -0.110. The molecule has 158 valence electrons. The van der Waals surface area contributed by atoms with Crippen LogP contribution in [-0.2, 0) is 4.79 Å². The number of ketones is 1. The molecule has 0 radical (unpaired) electrons. The maximum atomic E-state index is 12.2. The van der Waals surface area contributed by atoms with Crippen LogP contribution in [0.1, 0.15) is 16.7 Å². The minimum absolute atomic E-state index is 0.112.